The minimum Gasteiger partial charge on any atom is -0.330 e. The number of fused-ring (bicyclic) bond motifs is 1. The van der Waals surface area contributed by atoms with E-state index in [-0.39, 0.29) is 18.0 Å². The van der Waals surface area contributed by atoms with Gasteiger partial charge in [0.15, 0.2) is 9.84 Å². The molecule has 0 saturated carbocycles. The van der Waals surface area contributed by atoms with Gasteiger partial charge in [-0.05, 0) is 43.6 Å². The summed E-state index contributed by atoms with van der Waals surface area (Å²) >= 11 is 0. The number of rotatable bonds is 3. The third-order valence-corrected chi connectivity index (χ3v) is 6.61. The molecule has 2 fully saturated rings. The molecule has 1 aromatic rings. The van der Waals surface area contributed by atoms with E-state index in [4.69, 9.17) is 0 Å². The van der Waals surface area contributed by atoms with E-state index in [0.29, 0.717) is 17.4 Å². The Bertz CT molecular complexity index is 828. The van der Waals surface area contributed by atoms with Crippen LogP contribution in [0, 0.1) is 5.92 Å². The Morgan fingerprint density at radius 2 is 1.81 bits per heavy atom. The lowest BCUT2D eigenvalue weighted by Gasteiger charge is -2.39. The van der Waals surface area contributed by atoms with E-state index < -0.39 is 9.84 Å². The van der Waals surface area contributed by atoms with Gasteiger partial charge in [0.25, 0.3) is 0 Å². The first-order chi connectivity index (χ1) is 12.4. The van der Waals surface area contributed by atoms with Crippen molar-refractivity contribution in [2.24, 2.45) is 5.92 Å². The highest BCUT2D eigenvalue weighted by molar-refractivity contribution is 7.90. The molecule has 0 radical (unpaired) electrons. The monoisotopic (exact) mass is 376 g/mol. The summed E-state index contributed by atoms with van der Waals surface area (Å²) in [5, 5.41) is 8.52. The number of sulfone groups is 1. The third kappa shape index (κ3) is 3.24. The van der Waals surface area contributed by atoms with Gasteiger partial charge in [-0.15, -0.1) is 0 Å². The molecule has 3 heterocycles. The van der Waals surface area contributed by atoms with Crippen LogP contribution in [0.1, 0.15) is 24.3 Å². The molecule has 8 heteroatoms. The van der Waals surface area contributed by atoms with E-state index in [0.717, 1.165) is 37.2 Å². The van der Waals surface area contributed by atoms with Gasteiger partial charge >= 0.3 is 0 Å². The minimum absolute atomic E-state index is 0.0544. The average Bonchev–Trinajstić information content (AvgIpc) is 3.05. The number of carbonyl (C=O) groups excluding carboxylic acids is 1. The number of carbonyl (C=O) groups is 1. The van der Waals surface area contributed by atoms with Crippen LogP contribution in [0.4, 0.5) is 0 Å². The quantitative estimate of drug-likeness (QED) is 0.705. The summed E-state index contributed by atoms with van der Waals surface area (Å²) in [5.74, 6) is 0.392. The van der Waals surface area contributed by atoms with E-state index in [1.54, 1.807) is 18.2 Å². The highest BCUT2D eigenvalue weighted by atomic mass is 32.2. The van der Waals surface area contributed by atoms with Crippen molar-refractivity contribution in [3.8, 4) is 0 Å². The molecule has 2 saturated heterocycles. The second-order valence-electron chi connectivity index (χ2n) is 7.23. The highest BCUT2D eigenvalue weighted by Gasteiger charge is 2.41. The van der Waals surface area contributed by atoms with E-state index in [1.807, 2.05) is 12.1 Å². The van der Waals surface area contributed by atoms with Crippen LogP contribution in [0.15, 0.2) is 40.9 Å². The predicted molar refractivity (Wildman–Crippen MR) is 97.7 cm³/mol. The fraction of sp³-hybridized carbons (Fsp3) is 0.500. The Labute approximate surface area is 153 Å². The molecule has 0 spiro atoms. The molecular formula is C18H24N4O3S. The molecule has 0 bridgehead atoms. The van der Waals surface area contributed by atoms with Crippen LogP contribution in [-0.2, 0) is 14.6 Å². The van der Waals surface area contributed by atoms with Gasteiger partial charge in [-0.25, -0.2) is 13.8 Å². The summed E-state index contributed by atoms with van der Waals surface area (Å²) in [6, 6.07) is 6.98. The summed E-state index contributed by atoms with van der Waals surface area (Å²) in [7, 11) is -3.21. The summed E-state index contributed by atoms with van der Waals surface area (Å²) in [4.78, 5) is 12.6. The summed E-state index contributed by atoms with van der Waals surface area (Å²) in [5.41, 5.74) is 5.51. The fourth-order valence-electron chi connectivity index (χ4n) is 4.09. The maximum absolute atomic E-state index is 12.3. The number of hydrogen-bond acceptors (Lipinski definition) is 6. The zero-order valence-corrected chi connectivity index (χ0v) is 15.6. The number of piperidine rings is 1. The molecule has 1 amide bonds. The molecule has 3 aliphatic rings. The van der Waals surface area contributed by atoms with E-state index in [2.05, 4.69) is 21.1 Å². The van der Waals surface area contributed by atoms with E-state index in [1.165, 1.54) is 6.26 Å². The molecule has 1 aromatic carbocycles. The summed E-state index contributed by atoms with van der Waals surface area (Å²) in [6.45, 7) is 2.64. The first-order valence-corrected chi connectivity index (χ1v) is 10.9. The van der Waals surface area contributed by atoms with Gasteiger partial charge in [-0.2, -0.15) is 0 Å². The molecule has 4 rings (SSSR count). The van der Waals surface area contributed by atoms with Gasteiger partial charge in [-0.3, -0.25) is 9.80 Å². The number of hydrogen-bond donors (Lipinski definition) is 3. The van der Waals surface area contributed by atoms with Crippen molar-refractivity contribution in [3.05, 3.63) is 41.6 Å². The van der Waals surface area contributed by atoms with Gasteiger partial charge in [-0.1, -0.05) is 12.1 Å². The first kappa shape index (κ1) is 17.5. The Morgan fingerprint density at radius 1 is 1.12 bits per heavy atom. The molecule has 140 valence electrons. The van der Waals surface area contributed by atoms with Gasteiger partial charge in [0, 0.05) is 36.4 Å². The van der Waals surface area contributed by atoms with Crippen LogP contribution in [-0.4, -0.2) is 51.4 Å². The Hall–Kier alpha value is -1.90. The molecule has 0 aromatic heterocycles. The lowest BCUT2D eigenvalue weighted by Crippen LogP contribution is -2.53. The molecular weight excluding hydrogens is 352 g/mol. The van der Waals surface area contributed by atoms with Crippen molar-refractivity contribution in [1.29, 1.82) is 0 Å². The van der Waals surface area contributed by atoms with Crippen molar-refractivity contribution in [1.82, 2.24) is 21.1 Å². The van der Waals surface area contributed by atoms with Crippen LogP contribution in [0.2, 0.25) is 0 Å². The number of hydrazine groups is 1. The molecule has 26 heavy (non-hydrogen) atoms. The third-order valence-electron chi connectivity index (χ3n) is 5.48. The largest absolute Gasteiger partial charge is 0.330 e. The Kier molecular flexibility index (Phi) is 4.50. The van der Waals surface area contributed by atoms with Crippen molar-refractivity contribution < 1.29 is 13.2 Å². The highest BCUT2D eigenvalue weighted by Crippen LogP contribution is 2.35. The van der Waals surface area contributed by atoms with Gasteiger partial charge < -0.3 is 10.6 Å². The summed E-state index contributed by atoms with van der Waals surface area (Å²) < 4.78 is 23.3. The SMILES string of the molecule is CS(=O)(=O)c1ccc(C2CNN3C(C4CCNCC4)=CC(=O)NC23)cc1. The van der Waals surface area contributed by atoms with Gasteiger partial charge in [0.05, 0.1) is 4.90 Å². The minimum atomic E-state index is -3.21. The number of nitrogens with zero attached hydrogens (tertiary/aromatic N) is 1. The molecule has 7 nitrogen and oxygen atoms in total. The molecule has 2 atom stereocenters. The van der Waals surface area contributed by atoms with Crippen LogP contribution in [0.5, 0.6) is 0 Å². The molecule has 3 aliphatic heterocycles. The van der Waals surface area contributed by atoms with Gasteiger partial charge in [0.2, 0.25) is 5.91 Å². The summed E-state index contributed by atoms with van der Waals surface area (Å²) in [6.07, 6.45) is 4.82. The molecule has 0 aliphatic carbocycles. The second-order valence-corrected chi connectivity index (χ2v) is 9.24. The van der Waals surface area contributed by atoms with Crippen molar-refractivity contribution in [2.75, 3.05) is 25.9 Å². The number of benzene rings is 1. The topological polar surface area (TPSA) is 90.5 Å². The number of allylic oxidation sites excluding steroid dienone is 1. The Balaban J connectivity index is 1.58. The fourth-order valence-corrected chi connectivity index (χ4v) is 4.72. The molecule has 2 unspecified atom stereocenters. The van der Waals surface area contributed by atoms with Crippen molar-refractivity contribution in [2.45, 2.75) is 29.8 Å². The maximum atomic E-state index is 12.3. The van der Waals surface area contributed by atoms with Gasteiger partial charge in [0.1, 0.15) is 6.17 Å². The van der Waals surface area contributed by atoms with E-state index in [9.17, 15) is 13.2 Å². The van der Waals surface area contributed by atoms with Crippen LogP contribution >= 0.6 is 0 Å². The smallest absolute Gasteiger partial charge is 0.247 e. The number of nitrogens with one attached hydrogen (secondary N) is 3. The van der Waals surface area contributed by atoms with Crippen molar-refractivity contribution in [3.63, 3.8) is 0 Å². The normalized spacial score (nSPS) is 27.0. The van der Waals surface area contributed by atoms with Crippen LogP contribution < -0.4 is 16.1 Å². The van der Waals surface area contributed by atoms with E-state index >= 15 is 0 Å². The predicted octanol–water partition coefficient (Wildman–Crippen LogP) is 0.333. The lowest BCUT2D eigenvalue weighted by molar-refractivity contribution is -0.119. The standard InChI is InChI=1S/C18H24N4O3S/c1-26(24,25)14-4-2-12(3-5-14)15-11-20-22-16(10-17(23)21-18(15)22)13-6-8-19-9-7-13/h2-5,10,13,15,18-20H,6-9,11H2,1H3,(H,21,23). The zero-order valence-electron chi connectivity index (χ0n) is 14.7. The molecule has 3 N–H and O–H groups in total. The zero-order chi connectivity index (χ0) is 18.3. The Morgan fingerprint density at radius 3 is 2.46 bits per heavy atom. The second kappa shape index (κ2) is 6.68. The number of amides is 1. The van der Waals surface area contributed by atoms with Crippen LogP contribution in [0.25, 0.3) is 0 Å². The maximum Gasteiger partial charge on any atom is 0.247 e. The average molecular weight is 376 g/mol. The van der Waals surface area contributed by atoms with Crippen molar-refractivity contribution >= 4 is 15.7 Å². The lowest BCUT2D eigenvalue weighted by atomic mass is 9.91. The van der Waals surface area contributed by atoms with Crippen LogP contribution in [0.3, 0.4) is 0 Å². The first-order valence-electron chi connectivity index (χ1n) is 8.99.